The first kappa shape index (κ1) is 15.5. The third-order valence-corrected chi connectivity index (χ3v) is 4.69. The SMILES string of the molecule is CCCc1nn(C)c2c(=O)sc(-c3ccc(O)c(C)c3O)nc12. The molecule has 0 aliphatic rings. The lowest BCUT2D eigenvalue weighted by atomic mass is 10.1. The second-order valence-electron chi connectivity index (χ2n) is 5.43. The normalized spacial score (nSPS) is 11.3. The molecular formula is C16H17N3O3S. The lowest BCUT2D eigenvalue weighted by Crippen LogP contribution is -2.03. The molecule has 0 amide bonds. The monoisotopic (exact) mass is 331 g/mol. The number of aromatic hydroxyl groups is 2. The van der Waals surface area contributed by atoms with Crippen molar-refractivity contribution in [2.24, 2.45) is 7.05 Å². The van der Waals surface area contributed by atoms with E-state index in [0.29, 0.717) is 27.2 Å². The second kappa shape index (κ2) is 5.66. The fourth-order valence-corrected chi connectivity index (χ4v) is 3.47. The molecular weight excluding hydrogens is 314 g/mol. The van der Waals surface area contributed by atoms with Crippen LogP contribution in [0.1, 0.15) is 24.6 Å². The summed E-state index contributed by atoms with van der Waals surface area (Å²) in [6.07, 6.45) is 1.64. The fraction of sp³-hybridized carbons (Fsp3) is 0.312. The molecule has 0 saturated heterocycles. The largest absolute Gasteiger partial charge is 0.508 e. The Morgan fingerprint density at radius 1 is 1.30 bits per heavy atom. The van der Waals surface area contributed by atoms with E-state index in [-0.39, 0.29) is 16.2 Å². The molecule has 2 aromatic heterocycles. The van der Waals surface area contributed by atoms with Gasteiger partial charge in [0.2, 0.25) is 0 Å². The summed E-state index contributed by atoms with van der Waals surface area (Å²) >= 11 is 0.965. The van der Waals surface area contributed by atoms with E-state index in [2.05, 4.69) is 10.1 Å². The highest BCUT2D eigenvalue weighted by atomic mass is 32.1. The van der Waals surface area contributed by atoms with E-state index in [9.17, 15) is 15.0 Å². The van der Waals surface area contributed by atoms with Crippen molar-refractivity contribution < 1.29 is 10.2 Å². The molecule has 2 heterocycles. The van der Waals surface area contributed by atoms with Crippen molar-refractivity contribution in [3.8, 4) is 22.1 Å². The van der Waals surface area contributed by atoms with Crippen LogP contribution in [0.3, 0.4) is 0 Å². The van der Waals surface area contributed by atoms with Gasteiger partial charge in [0.1, 0.15) is 27.5 Å². The van der Waals surface area contributed by atoms with Crippen LogP contribution in [0.2, 0.25) is 0 Å². The fourth-order valence-electron chi connectivity index (χ4n) is 2.56. The van der Waals surface area contributed by atoms with Gasteiger partial charge in [0.15, 0.2) is 0 Å². The lowest BCUT2D eigenvalue weighted by molar-refractivity contribution is 0.444. The number of hydrogen-bond donors (Lipinski definition) is 2. The highest BCUT2D eigenvalue weighted by Crippen LogP contribution is 2.37. The van der Waals surface area contributed by atoms with Gasteiger partial charge < -0.3 is 10.2 Å². The Morgan fingerprint density at radius 3 is 2.74 bits per heavy atom. The standard InChI is InChI=1S/C16H17N3O3S/c1-4-5-10-12-13(19(3)18-10)16(22)23-15(17-12)9-6-7-11(20)8(2)14(9)21/h6-7,20-21H,4-5H2,1-3H3. The lowest BCUT2D eigenvalue weighted by Gasteiger charge is -2.07. The minimum atomic E-state index is -0.146. The Bertz CT molecular complexity index is 959. The number of nitrogens with zero attached hydrogens (tertiary/aromatic N) is 3. The van der Waals surface area contributed by atoms with Crippen molar-refractivity contribution >= 4 is 22.4 Å². The maximum Gasteiger partial charge on any atom is 0.261 e. The van der Waals surface area contributed by atoms with Crippen LogP contribution in [0.15, 0.2) is 16.9 Å². The summed E-state index contributed by atoms with van der Waals surface area (Å²) in [4.78, 5) is 17.0. The molecule has 0 unspecified atom stereocenters. The van der Waals surface area contributed by atoms with E-state index >= 15 is 0 Å². The molecule has 120 valence electrons. The van der Waals surface area contributed by atoms with Crippen LogP contribution in [0.5, 0.6) is 11.5 Å². The quantitative estimate of drug-likeness (QED) is 0.770. The van der Waals surface area contributed by atoms with Gasteiger partial charge in [0.05, 0.1) is 11.3 Å². The number of phenolic OH excluding ortho intramolecular Hbond substituents is 2. The molecule has 0 atom stereocenters. The Balaban J connectivity index is 2.30. The van der Waals surface area contributed by atoms with Crippen LogP contribution in [0.4, 0.5) is 0 Å². The van der Waals surface area contributed by atoms with Crippen molar-refractivity contribution in [2.75, 3.05) is 0 Å². The van der Waals surface area contributed by atoms with Crippen LogP contribution < -0.4 is 4.74 Å². The predicted octanol–water partition coefficient (Wildman–Crippen LogP) is 2.73. The molecule has 7 heteroatoms. The zero-order valence-electron chi connectivity index (χ0n) is 13.1. The van der Waals surface area contributed by atoms with E-state index < -0.39 is 0 Å². The van der Waals surface area contributed by atoms with Crippen molar-refractivity contribution in [3.63, 3.8) is 0 Å². The molecule has 0 aliphatic carbocycles. The first-order valence-electron chi connectivity index (χ1n) is 7.32. The Labute approximate surface area is 136 Å². The van der Waals surface area contributed by atoms with Crippen molar-refractivity contribution in [3.05, 3.63) is 32.9 Å². The molecule has 1 aromatic carbocycles. The maximum absolute atomic E-state index is 12.5. The number of benzene rings is 1. The van der Waals surface area contributed by atoms with Gasteiger partial charge in [-0.05, 0) is 25.5 Å². The summed E-state index contributed by atoms with van der Waals surface area (Å²) in [6.45, 7) is 3.66. The molecule has 0 radical (unpaired) electrons. The average Bonchev–Trinajstić information content (AvgIpc) is 2.82. The Hall–Kier alpha value is -2.41. The van der Waals surface area contributed by atoms with Crippen molar-refractivity contribution in [1.82, 2.24) is 14.8 Å². The molecule has 0 fully saturated rings. The van der Waals surface area contributed by atoms with Gasteiger partial charge in [0.25, 0.3) is 4.74 Å². The molecule has 23 heavy (non-hydrogen) atoms. The number of hydrogen-bond acceptors (Lipinski definition) is 6. The minimum Gasteiger partial charge on any atom is -0.508 e. The number of rotatable bonds is 3. The molecule has 6 nitrogen and oxygen atoms in total. The molecule has 2 N–H and O–H groups in total. The van der Waals surface area contributed by atoms with Gasteiger partial charge in [-0.15, -0.1) is 0 Å². The van der Waals surface area contributed by atoms with Gasteiger partial charge in [0, 0.05) is 12.6 Å². The molecule has 3 aromatic rings. The summed E-state index contributed by atoms with van der Waals surface area (Å²) in [7, 11) is 1.74. The van der Waals surface area contributed by atoms with Crippen molar-refractivity contribution in [1.29, 1.82) is 0 Å². The van der Waals surface area contributed by atoms with Crippen molar-refractivity contribution in [2.45, 2.75) is 26.7 Å². The van der Waals surface area contributed by atoms with E-state index in [1.54, 1.807) is 24.7 Å². The van der Waals surface area contributed by atoms with Gasteiger partial charge >= 0.3 is 0 Å². The molecule has 0 saturated carbocycles. The predicted molar refractivity (Wildman–Crippen MR) is 90.2 cm³/mol. The van der Waals surface area contributed by atoms with Crippen LogP contribution in [0, 0.1) is 6.92 Å². The van der Waals surface area contributed by atoms with Gasteiger partial charge in [-0.1, -0.05) is 24.7 Å². The zero-order chi connectivity index (χ0) is 16.7. The Morgan fingerprint density at radius 2 is 2.04 bits per heavy atom. The summed E-state index contributed by atoms with van der Waals surface area (Å²) in [5, 5.41) is 24.7. The third-order valence-electron chi connectivity index (χ3n) is 3.81. The summed E-state index contributed by atoms with van der Waals surface area (Å²) in [6, 6.07) is 3.06. The number of aromatic nitrogens is 3. The summed E-state index contributed by atoms with van der Waals surface area (Å²) in [5.74, 6) is -0.0545. The average molecular weight is 331 g/mol. The second-order valence-corrected chi connectivity index (χ2v) is 6.39. The third kappa shape index (κ3) is 2.46. The zero-order valence-corrected chi connectivity index (χ0v) is 13.9. The van der Waals surface area contributed by atoms with Crippen LogP contribution >= 0.6 is 11.3 Å². The van der Waals surface area contributed by atoms with E-state index in [4.69, 9.17) is 0 Å². The highest BCUT2D eigenvalue weighted by Gasteiger charge is 2.18. The highest BCUT2D eigenvalue weighted by molar-refractivity contribution is 7.13. The molecule has 0 bridgehead atoms. The maximum atomic E-state index is 12.5. The van der Waals surface area contributed by atoms with Gasteiger partial charge in [-0.25, -0.2) is 4.98 Å². The smallest absolute Gasteiger partial charge is 0.261 e. The van der Waals surface area contributed by atoms with Gasteiger partial charge in [-0.2, -0.15) is 5.10 Å². The molecule has 3 rings (SSSR count). The number of phenols is 2. The van der Waals surface area contributed by atoms with E-state index in [1.165, 1.54) is 6.07 Å². The Kier molecular flexibility index (Phi) is 3.81. The number of fused-ring (bicyclic) bond motifs is 1. The topological polar surface area (TPSA) is 88.2 Å². The first-order chi connectivity index (χ1) is 10.9. The first-order valence-corrected chi connectivity index (χ1v) is 8.14. The summed E-state index contributed by atoms with van der Waals surface area (Å²) < 4.78 is 1.42. The molecule has 0 aliphatic heterocycles. The number of aryl methyl sites for hydroxylation is 2. The van der Waals surface area contributed by atoms with Crippen LogP contribution in [-0.4, -0.2) is 25.0 Å². The van der Waals surface area contributed by atoms with Gasteiger partial charge in [-0.3, -0.25) is 9.48 Å². The van der Waals surface area contributed by atoms with Crippen LogP contribution in [-0.2, 0) is 13.5 Å². The minimum absolute atomic E-state index is 0.00715. The van der Waals surface area contributed by atoms with E-state index in [1.807, 2.05) is 6.92 Å². The molecule has 0 spiro atoms. The van der Waals surface area contributed by atoms with E-state index in [0.717, 1.165) is 29.9 Å². The summed E-state index contributed by atoms with van der Waals surface area (Å²) in [5.41, 5.74) is 2.65. The van der Waals surface area contributed by atoms with Crippen LogP contribution in [0.25, 0.3) is 21.6 Å².